The average molecular weight is 417 g/mol. The number of amides is 1. The number of alkyl halides is 3. The van der Waals surface area contributed by atoms with Crippen molar-refractivity contribution in [2.75, 3.05) is 19.6 Å². The molecule has 0 spiro atoms. The van der Waals surface area contributed by atoms with E-state index in [0.29, 0.717) is 0 Å². The Kier molecular flexibility index (Phi) is 5.24. The minimum absolute atomic E-state index is 0.0637. The number of H-pyrrole nitrogens is 1. The summed E-state index contributed by atoms with van der Waals surface area (Å²) in [6.45, 7) is 1.90. The molecule has 0 aliphatic carbocycles. The molecule has 3 rings (SSSR count). The van der Waals surface area contributed by atoms with E-state index in [0.717, 1.165) is 12.1 Å². The summed E-state index contributed by atoms with van der Waals surface area (Å²) in [6.07, 6.45) is -4.44. The molecule has 11 heteroatoms. The van der Waals surface area contributed by atoms with E-state index in [1.165, 1.54) is 17.0 Å². The van der Waals surface area contributed by atoms with Crippen molar-refractivity contribution >= 4 is 26.8 Å². The van der Waals surface area contributed by atoms with E-state index in [-0.39, 0.29) is 37.0 Å². The van der Waals surface area contributed by atoms with Gasteiger partial charge in [0.05, 0.1) is 16.3 Å². The van der Waals surface area contributed by atoms with Crippen LogP contribution in [0.5, 0.6) is 0 Å². The van der Waals surface area contributed by atoms with Crippen molar-refractivity contribution in [3.8, 4) is 0 Å². The molecule has 0 saturated carbocycles. The molecule has 1 aliphatic rings. The average Bonchev–Trinajstić information content (AvgIpc) is 3.10. The van der Waals surface area contributed by atoms with Gasteiger partial charge in [-0.3, -0.25) is 9.59 Å². The van der Waals surface area contributed by atoms with E-state index >= 15 is 0 Å². The Bertz CT molecular complexity index is 1080. The number of nitrogens with zero attached hydrogens (tertiary/aromatic N) is 1. The van der Waals surface area contributed by atoms with Crippen molar-refractivity contribution in [3.63, 3.8) is 0 Å². The Labute approximate surface area is 158 Å². The molecule has 0 bridgehead atoms. The molecule has 1 unspecified atom stereocenters. The summed E-state index contributed by atoms with van der Waals surface area (Å²) in [4.78, 5) is 28.4. The van der Waals surface area contributed by atoms with Gasteiger partial charge < -0.3 is 9.88 Å². The Balaban J connectivity index is 1.93. The highest BCUT2D eigenvalue weighted by Crippen LogP contribution is 2.33. The summed E-state index contributed by atoms with van der Waals surface area (Å²) in [7, 11) is -3.58. The number of fused-ring (bicyclic) bond motifs is 1. The highest BCUT2D eigenvalue weighted by atomic mass is 32.2. The first kappa shape index (κ1) is 20.3. The quantitative estimate of drug-likeness (QED) is 0.791. The Morgan fingerprint density at radius 1 is 1.36 bits per heavy atom. The largest absolute Gasteiger partial charge is 0.418 e. The van der Waals surface area contributed by atoms with E-state index in [9.17, 15) is 31.2 Å². The van der Waals surface area contributed by atoms with Crippen LogP contribution in [0.15, 0.2) is 29.1 Å². The lowest BCUT2D eigenvalue weighted by atomic mass is 10.1. The standard InChI is InChI=1S/C17H18F3N3O4S/c1-2-21-28(26,27)11-6-7-23(9-11)16(25)12-8-10-4-3-5-13(17(18,19)20)14(10)22-15(12)24/h3-5,8,11,21H,2,6-7,9H2,1H3,(H,22,24). The number of pyridine rings is 1. The van der Waals surface area contributed by atoms with Gasteiger partial charge >= 0.3 is 6.18 Å². The third-order valence-electron chi connectivity index (χ3n) is 4.63. The highest BCUT2D eigenvalue weighted by Gasteiger charge is 2.36. The second-order valence-corrected chi connectivity index (χ2v) is 8.53. The third-order valence-corrected chi connectivity index (χ3v) is 6.59. The lowest BCUT2D eigenvalue weighted by Crippen LogP contribution is -2.38. The summed E-state index contributed by atoms with van der Waals surface area (Å²) in [5, 5.41) is -0.735. The lowest BCUT2D eigenvalue weighted by molar-refractivity contribution is -0.136. The van der Waals surface area contributed by atoms with E-state index in [1.807, 2.05) is 0 Å². The molecule has 7 nitrogen and oxygen atoms in total. The Morgan fingerprint density at radius 3 is 2.71 bits per heavy atom. The number of carbonyl (C=O) groups excluding carboxylic acids is 1. The van der Waals surface area contributed by atoms with Crippen LogP contribution in [0.4, 0.5) is 13.2 Å². The number of hydrogen-bond acceptors (Lipinski definition) is 4. The molecule has 2 heterocycles. The predicted molar refractivity (Wildman–Crippen MR) is 96.5 cm³/mol. The normalized spacial score (nSPS) is 18.0. The number of nitrogens with one attached hydrogen (secondary N) is 2. The molecule has 1 aliphatic heterocycles. The topological polar surface area (TPSA) is 99.3 Å². The number of halogens is 3. The minimum Gasteiger partial charge on any atom is -0.337 e. The van der Waals surface area contributed by atoms with Crippen LogP contribution in [0.1, 0.15) is 29.3 Å². The first-order valence-corrected chi connectivity index (χ1v) is 10.1. The summed E-state index contributed by atoms with van der Waals surface area (Å²) in [5.74, 6) is -0.713. The van der Waals surface area contributed by atoms with E-state index in [4.69, 9.17) is 0 Å². The zero-order valence-electron chi connectivity index (χ0n) is 14.8. The monoisotopic (exact) mass is 417 g/mol. The van der Waals surface area contributed by atoms with Gasteiger partial charge in [0.25, 0.3) is 11.5 Å². The number of aromatic amines is 1. The van der Waals surface area contributed by atoms with Gasteiger partial charge in [0.2, 0.25) is 10.0 Å². The second-order valence-electron chi connectivity index (χ2n) is 6.48. The first-order chi connectivity index (χ1) is 13.0. The van der Waals surface area contributed by atoms with Crippen LogP contribution >= 0.6 is 0 Å². The van der Waals surface area contributed by atoms with Gasteiger partial charge in [-0.1, -0.05) is 19.1 Å². The van der Waals surface area contributed by atoms with Crippen molar-refractivity contribution in [2.45, 2.75) is 24.8 Å². The summed E-state index contributed by atoms with van der Waals surface area (Å²) >= 11 is 0. The first-order valence-electron chi connectivity index (χ1n) is 8.55. The van der Waals surface area contributed by atoms with E-state index < -0.39 is 44.0 Å². The number of likely N-dealkylation sites (tertiary alicyclic amines) is 1. The number of sulfonamides is 1. The van der Waals surface area contributed by atoms with Gasteiger partial charge in [-0.2, -0.15) is 13.2 Å². The van der Waals surface area contributed by atoms with Crippen molar-refractivity contribution < 1.29 is 26.4 Å². The van der Waals surface area contributed by atoms with Crippen LogP contribution in [0.3, 0.4) is 0 Å². The molecule has 1 aromatic carbocycles. The maximum Gasteiger partial charge on any atom is 0.418 e. The molecule has 0 radical (unpaired) electrons. The number of para-hydroxylation sites is 1. The zero-order chi connectivity index (χ0) is 20.7. The van der Waals surface area contributed by atoms with E-state index in [1.54, 1.807) is 6.92 Å². The van der Waals surface area contributed by atoms with Crippen LogP contribution < -0.4 is 10.3 Å². The zero-order valence-corrected chi connectivity index (χ0v) is 15.7. The summed E-state index contributed by atoms with van der Waals surface area (Å²) in [6, 6.07) is 4.50. The highest BCUT2D eigenvalue weighted by molar-refractivity contribution is 7.90. The maximum absolute atomic E-state index is 13.1. The minimum atomic E-state index is -4.66. The molecule has 28 heavy (non-hydrogen) atoms. The lowest BCUT2D eigenvalue weighted by Gasteiger charge is -2.17. The van der Waals surface area contributed by atoms with Crippen LogP contribution in [-0.4, -0.2) is 49.1 Å². The third kappa shape index (κ3) is 3.76. The molecular weight excluding hydrogens is 399 g/mol. The van der Waals surface area contributed by atoms with Crippen molar-refractivity contribution in [3.05, 3.63) is 45.7 Å². The van der Waals surface area contributed by atoms with Crippen LogP contribution in [0, 0.1) is 0 Å². The Morgan fingerprint density at radius 2 is 2.07 bits per heavy atom. The fraction of sp³-hybridized carbons (Fsp3) is 0.412. The molecule has 1 fully saturated rings. The fourth-order valence-electron chi connectivity index (χ4n) is 3.28. The molecule has 2 aromatic rings. The maximum atomic E-state index is 13.1. The smallest absolute Gasteiger partial charge is 0.337 e. The number of carbonyl (C=O) groups is 1. The van der Waals surface area contributed by atoms with Gasteiger partial charge in [0.15, 0.2) is 0 Å². The van der Waals surface area contributed by atoms with Gasteiger partial charge in [-0.05, 0) is 23.9 Å². The molecule has 1 aromatic heterocycles. The van der Waals surface area contributed by atoms with Gasteiger partial charge in [0, 0.05) is 19.6 Å². The number of aromatic nitrogens is 1. The number of hydrogen-bond donors (Lipinski definition) is 2. The second kappa shape index (κ2) is 7.21. The van der Waals surface area contributed by atoms with Gasteiger partial charge in [0.1, 0.15) is 5.56 Å². The van der Waals surface area contributed by atoms with Crippen molar-refractivity contribution in [2.24, 2.45) is 0 Å². The van der Waals surface area contributed by atoms with Crippen molar-refractivity contribution in [1.29, 1.82) is 0 Å². The van der Waals surface area contributed by atoms with Crippen LogP contribution in [0.2, 0.25) is 0 Å². The SMILES string of the molecule is CCNS(=O)(=O)C1CCN(C(=O)c2cc3cccc(C(F)(F)F)c3[nH]c2=O)C1. The van der Waals surface area contributed by atoms with Gasteiger partial charge in [-0.15, -0.1) is 0 Å². The van der Waals surface area contributed by atoms with Crippen LogP contribution in [0.25, 0.3) is 10.9 Å². The molecular formula is C17H18F3N3O4S. The molecule has 152 valence electrons. The molecule has 1 saturated heterocycles. The summed E-state index contributed by atoms with van der Waals surface area (Å²) < 4.78 is 65.9. The number of rotatable bonds is 4. The molecule has 1 atom stereocenters. The van der Waals surface area contributed by atoms with Crippen LogP contribution in [-0.2, 0) is 16.2 Å². The number of benzene rings is 1. The summed E-state index contributed by atoms with van der Waals surface area (Å²) in [5.41, 5.74) is -2.68. The molecule has 1 amide bonds. The fourth-order valence-corrected chi connectivity index (χ4v) is 4.71. The van der Waals surface area contributed by atoms with E-state index in [2.05, 4.69) is 9.71 Å². The Hall–Kier alpha value is -2.40. The van der Waals surface area contributed by atoms with Gasteiger partial charge in [-0.25, -0.2) is 13.1 Å². The van der Waals surface area contributed by atoms with Crippen molar-refractivity contribution in [1.82, 2.24) is 14.6 Å². The molecule has 2 N–H and O–H groups in total. The predicted octanol–water partition coefficient (Wildman–Crippen LogP) is 1.70.